The maximum absolute atomic E-state index is 11.0. The van der Waals surface area contributed by atoms with Gasteiger partial charge in [-0.1, -0.05) is 0 Å². The van der Waals surface area contributed by atoms with Crippen LogP contribution in [0.3, 0.4) is 0 Å². The van der Waals surface area contributed by atoms with Crippen molar-refractivity contribution < 1.29 is 9.66 Å². The zero-order valence-corrected chi connectivity index (χ0v) is 9.97. The molecular formula is C10H16N4O3. The maximum atomic E-state index is 11.0. The summed E-state index contributed by atoms with van der Waals surface area (Å²) in [4.78, 5) is 10.6. The van der Waals surface area contributed by atoms with E-state index in [1.165, 1.54) is 4.68 Å². The number of aromatic nitrogens is 2. The average molecular weight is 240 g/mol. The summed E-state index contributed by atoms with van der Waals surface area (Å²) in [5.41, 5.74) is 0.481. The van der Waals surface area contributed by atoms with Crippen molar-refractivity contribution in [2.24, 2.45) is 7.05 Å². The summed E-state index contributed by atoms with van der Waals surface area (Å²) < 4.78 is 6.86. The van der Waals surface area contributed by atoms with Crippen molar-refractivity contribution in [3.63, 3.8) is 0 Å². The number of nitrogens with one attached hydrogen (secondary N) is 1. The Labute approximate surface area is 98.9 Å². The fourth-order valence-corrected chi connectivity index (χ4v) is 2.08. The minimum absolute atomic E-state index is 0.0538. The van der Waals surface area contributed by atoms with Gasteiger partial charge in [0.1, 0.15) is 5.69 Å². The van der Waals surface area contributed by atoms with E-state index in [0.29, 0.717) is 18.1 Å². The zero-order valence-electron chi connectivity index (χ0n) is 9.97. The number of hydrogen-bond donors (Lipinski definition) is 1. The van der Waals surface area contributed by atoms with E-state index in [9.17, 15) is 10.1 Å². The number of nitrogens with zero attached hydrogens (tertiary/aromatic N) is 3. The van der Waals surface area contributed by atoms with Gasteiger partial charge in [-0.05, 0) is 19.8 Å². The van der Waals surface area contributed by atoms with E-state index < -0.39 is 4.92 Å². The molecule has 1 atom stereocenters. The standard InChI is InChI=1S/C10H16N4O3/c1-7-9(14(15)16)10(13(2)12-7)11-8-4-3-5-17-6-8/h8,11H,3-6H2,1-2H3. The summed E-state index contributed by atoms with van der Waals surface area (Å²) >= 11 is 0. The molecule has 17 heavy (non-hydrogen) atoms. The lowest BCUT2D eigenvalue weighted by Gasteiger charge is -2.23. The van der Waals surface area contributed by atoms with Crippen LogP contribution < -0.4 is 5.32 Å². The van der Waals surface area contributed by atoms with Gasteiger partial charge >= 0.3 is 5.69 Å². The molecule has 0 aromatic carbocycles. The van der Waals surface area contributed by atoms with Crippen molar-refractivity contribution in [3.05, 3.63) is 15.8 Å². The molecular weight excluding hydrogens is 224 g/mol. The fraction of sp³-hybridized carbons (Fsp3) is 0.700. The highest BCUT2D eigenvalue weighted by Crippen LogP contribution is 2.28. The second kappa shape index (κ2) is 4.70. The number of aryl methyl sites for hydroxylation is 2. The van der Waals surface area contributed by atoms with Crippen molar-refractivity contribution in [1.29, 1.82) is 0 Å². The molecule has 0 spiro atoms. The van der Waals surface area contributed by atoms with Crippen LogP contribution in [0.2, 0.25) is 0 Å². The van der Waals surface area contributed by atoms with Crippen LogP contribution in [0.1, 0.15) is 18.5 Å². The number of rotatable bonds is 3. The van der Waals surface area contributed by atoms with Gasteiger partial charge in [0.25, 0.3) is 0 Å². The molecule has 1 saturated heterocycles. The minimum Gasteiger partial charge on any atom is -0.379 e. The van der Waals surface area contributed by atoms with Gasteiger partial charge in [-0.3, -0.25) is 10.1 Å². The van der Waals surface area contributed by atoms with Gasteiger partial charge in [-0.2, -0.15) is 5.10 Å². The lowest BCUT2D eigenvalue weighted by Crippen LogP contribution is -2.31. The Balaban J connectivity index is 2.21. The first-order valence-corrected chi connectivity index (χ1v) is 5.62. The largest absolute Gasteiger partial charge is 0.379 e. The molecule has 1 aromatic rings. The van der Waals surface area contributed by atoms with Gasteiger partial charge in [-0.25, -0.2) is 4.68 Å². The molecule has 0 bridgehead atoms. The van der Waals surface area contributed by atoms with Crippen LogP contribution in [0, 0.1) is 17.0 Å². The lowest BCUT2D eigenvalue weighted by molar-refractivity contribution is -0.384. The molecule has 94 valence electrons. The summed E-state index contributed by atoms with van der Waals surface area (Å²) in [6.45, 7) is 2.99. The fourth-order valence-electron chi connectivity index (χ4n) is 2.08. The Bertz CT molecular complexity index is 423. The second-order valence-electron chi connectivity index (χ2n) is 4.22. The molecule has 1 aliphatic heterocycles. The first-order valence-electron chi connectivity index (χ1n) is 5.62. The van der Waals surface area contributed by atoms with E-state index >= 15 is 0 Å². The highest BCUT2D eigenvalue weighted by Gasteiger charge is 2.26. The second-order valence-corrected chi connectivity index (χ2v) is 4.22. The van der Waals surface area contributed by atoms with Crippen molar-refractivity contribution >= 4 is 11.5 Å². The highest BCUT2D eigenvalue weighted by molar-refractivity contribution is 5.59. The molecule has 0 radical (unpaired) electrons. The Morgan fingerprint density at radius 2 is 2.41 bits per heavy atom. The summed E-state index contributed by atoms with van der Waals surface area (Å²) in [5.74, 6) is 0.461. The summed E-state index contributed by atoms with van der Waals surface area (Å²) in [6, 6.07) is 0.122. The number of hydrogen-bond acceptors (Lipinski definition) is 5. The third-order valence-corrected chi connectivity index (χ3v) is 2.87. The van der Waals surface area contributed by atoms with E-state index in [-0.39, 0.29) is 11.7 Å². The van der Waals surface area contributed by atoms with E-state index in [1.807, 2.05) is 0 Å². The molecule has 7 heteroatoms. The molecule has 0 amide bonds. The zero-order chi connectivity index (χ0) is 12.4. The van der Waals surface area contributed by atoms with Crippen molar-refractivity contribution in [3.8, 4) is 0 Å². The Kier molecular flexibility index (Phi) is 3.28. The predicted octanol–water partition coefficient (Wildman–Crippen LogP) is 1.23. The molecule has 0 saturated carbocycles. The first kappa shape index (κ1) is 11.8. The molecule has 1 unspecified atom stereocenters. The van der Waals surface area contributed by atoms with Crippen LogP contribution in [-0.2, 0) is 11.8 Å². The van der Waals surface area contributed by atoms with Crippen LogP contribution in [0.5, 0.6) is 0 Å². The van der Waals surface area contributed by atoms with Crippen LogP contribution in [0.15, 0.2) is 0 Å². The Morgan fingerprint density at radius 1 is 1.65 bits per heavy atom. The molecule has 1 fully saturated rings. The van der Waals surface area contributed by atoms with Crippen LogP contribution in [0.4, 0.5) is 11.5 Å². The smallest absolute Gasteiger partial charge is 0.333 e. The topological polar surface area (TPSA) is 82.2 Å². The number of anilines is 1. The normalized spacial score (nSPS) is 20.2. The van der Waals surface area contributed by atoms with Gasteiger partial charge in [-0.15, -0.1) is 0 Å². The third-order valence-electron chi connectivity index (χ3n) is 2.87. The SMILES string of the molecule is Cc1nn(C)c(NC2CCCOC2)c1[N+](=O)[O-]. The quantitative estimate of drug-likeness (QED) is 0.634. The first-order chi connectivity index (χ1) is 8.09. The lowest BCUT2D eigenvalue weighted by atomic mass is 10.1. The minimum atomic E-state index is -0.394. The van der Waals surface area contributed by atoms with E-state index in [2.05, 4.69) is 10.4 Å². The van der Waals surface area contributed by atoms with E-state index in [1.54, 1.807) is 14.0 Å². The molecule has 1 aromatic heterocycles. The Morgan fingerprint density at radius 3 is 3.00 bits per heavy atom. The Hall–Kier alpha value is -1.63. The molecule has 0 aliphatic carbocycles. The van der Waals surface area contributed by atoms with Crippen molar-refractivity contribution in [1.82, 2.24) is 9.78 Å². The van der Waals surface area contributed by atoms with Crippen molar-refractivity contribution in [2.75, 3.05) is 18.5 Å². The van der Waals surface area contributed by atoms with Crippen molar-refractivity contribution in [2.45, 2.75) is 25.8 Å². The summed E-state index contributed by atoms with van der Waals surface area (Å²) in [6.07, 6.45) is 1.93. The molecule has 7 nitrogen and oxygen atoms in total. The highest BCUT2D eigenvalue weighted by atomic mass is 16.6. The van der Waals surface area contributed by atoms with Gasteiger partial charge in [0.05, 0.1) is 17.6 Å². The van der Waals surface area contributed by atoms with Crippen LogP contribution in [-0.4, -0.2) is 34.0 Å². The number of ether oxygens (including phenoxy) is 1. The summed E-state index contributed by atoms with van der Waals surface area (Å²) in [7, 11) is 1.70. The maximum Gasteiger partial charge on any atom is 0.333 e. The molecule has 1 N–H and O–H groups in total. The molecule has 1 aliphatic rings. The van der Waals surface area contributed by atoms with E-state index in [0.717, 1.165) is 19.4 Å². The molecule has 2 rings (SSSR count). The van der Waals surface area contributed by atoms with Crippen LogP contribution >= 0.6 is 0 Å². The molecule has 2 heterocycles. The summed E-state index contributed by atoms with van der Waals surface area (Å²) in [5, 5.41) is 18.2. The third kappa shape index (κ3) is 2.38. The number of nitro groups is 1. The van der Waals surface area contributed by atoms with Gasteiger partial charge < -0.3 is 10.1 Å². The average Bonchev–Trinajstić information content (AvgIpc) is 2.55. The van der Waals surface area contributed by atoms with E-state index in [4.69, 9.17) is 4.74 Å². The van der Waals surface area contributed by atoms with Gasteiger partial charge in [0.2, 0.25) is 5.82 Å². The predicted molar refractivity (Wildman–Crippen MR) is 62.1 cm³/mol. The van der Waals surface area contributed by atoms with Gasteiger partial charge in [0, 0.05) is 13.7 Å². The van der Waals surface area contributed by atoms with Crippen LogP contribution in [0.25, 0.3) is 0 Å². The monoisotopic (exact) mass is 240 g/mol. The van der Waals surface area contributed by atoms with Gasteiger partial charge in [0.15, 0.2) is 0 Å².